The Morgan fingerprint density at radius 1 is 1.07 bits per heavy atom. The van der Waals surface area contributed by atoms with E-state index in [4.69, 9.17) is 0 Å². The van der Waals surface area contributed by atoms with Crippen molar-refractivity contribution in [3.63, 3.8) is 0 Å². The summed E-state index contributed by atoms with van der Waals surface area (Å²) in [5.74, 6) is -3.46. The topological polar surface area (TPSA) is 171 Å². The molecule has 0 bridgehead atoms. The lowest BCUT2D eigenvalue weighted by molar-refractivity contribution is -0.219. The highest BCUT2D eigenvalue weighted by Gasteiger charge is 2.32. The van der Waals surface area contributed by atoms with Crippen LogP contribution in [0.15, 0.2) is 0 Å². The van der Waals surface area contributed by atoms with Crippen molar-refractivity contribution in [1.82, 2.24) is 21.0 Å². The smallest absolute Gasteiger partial charge is 0.351 e. The standard InChI is InChI=1S/C14H20N4O8S/c1-8(19)27-7-11(22)16-5-9(20)15-4-10(21)17-6-14(25)26-18-12(23)2-3-13(18)24/h12,23H,2-7H2,1H3,(H,15,20)(H,16,22)(H,17,21). The van der Waals surface area contributed by atoms with Gasteiger partial charge in [-0.2, -0.15) is 0 Å². The third kappa shape index (κ3) is 9.01. The lowest BCUT2D eigenvalue weighted by Crippen LogP contribution is -2.44. The van der Waals surface area contributed by atoms with Crippen molar-refractivity contribution in [1.29, 1.82) is 0 Å². The normalized spacial score (nSPS) is 15.9. The molecule has 0 radical (unpaired) electrons. The Morgan fingerprint density at radius 3 is 2.15 bits per heavy atom. The van der Waals surface area contributed by atoms with Crippen molar-refractivity contribution >= 4 is 46.5 Å². The maximum absolute atomic E-state index is 11.5. The number of nitrogens with one attached hydrogen (secondary N) is 3. The molecule has 150 valence electrons. The lowest BCUT2D eigenvalue weighted by atomic mass is 10.4. The first-order valence-corrected chi connectivity index (χ1v) is 8.82. The van der Waals surface area contributed by atoms with E-state index in [0.717, 1.165) is 11.8 Å². The zero-order valence-electron chi connectivity index (χ0n) is 14.5. The van der Waals surface area contributed by atoms with E-state index in [2.05, 4.69) is 20.8 Å². The van der Waals surface area contributed by atoms with Crippen molar-refractivity contribution in [2.45, 2.75) is 26.0 Å². The minimum Gasteiger partial charge on any atom is -0.370 e. The lowest BCUT2D eigenvalue weighted by Gasteiger charge is -2.18. The number of amides is 4. The number of rotatable bonds is 9. The highest BCUT2D eigenvalue weighted by molar-refractivity contribution is 8.14. The third-order valence-electron chi connectivity index (χ3n) is 3.06. The molecule has 1 atom stereocenters. The van der Waals surface area contributed by atoms with E-state index >= 15 is 0 Å². The fourth-order valence-corrected chi connectivity index (χ4v) is 2.21. The molecule has 4 N–H and O–H groups in total. The Hall–Kier alpha value is -2.67. The zero-order valence-corrected chi connectivity index (χ0v) is 15.3. The molecule has 0 aromatic carbocycles. The van der Waals surface area contributed by atoms with Gasteiger partial charge in [-0.1, -0.05) is 11.8 Å². The summed E-state index contributed by atoms with van der Waals surface area (Å²) in [5.41, 5.74) is 0. The first-order chi connectivity index (χ1) is 12.7. The maximum atomic E-state index is 11.5. The molecule has 12 nitrogen and oxygen atoms in total. The second-order valence-corrected chi connectivity index (χ2v) is 6.46. The minimum absolute atomic E-state index is 0.0524. The molecule has 1 heterocycles. The highest BCUT2D eigenvalue weighted by Crippen LogP contribution is 2.16. The average Bonchev–Trinajstić information content (AvgIpc) is 2.93. The number of aliphatic hydroxyl groups is 1. The largest absolute Gasteiger partial charge is 0.370 e. The van der Waals surface area contributed by atoms with Crippen LogP contribution in [0.25, 0.3) is 0 Å². The quantitative estimate of drug-likeness (QED) is 0.313. The van der Waals surface area contributed by atoms with E-state index in [9.17, 15) is 33.9 Å². The summed E-state index contributed by atoms with van der Waals surface area (Å²) < 4.78 is 0. The number of thioether (sulfide) groups is 1. The molecule has 1 aliphatic rings. The van der Waals surface area contributed by atoms with E-state index in [0.29, 0.717) is 5.06 Å². The number of hydroxylamine groups is 2. The molecule has 13 heteroatoms. The second kappa shape index (κ2) is 11.1. The molecule has 0 saturated carbocycles. The van der Waals surface area contributed by atoms with E-state index in [-0.39, 0.29) is 30.3 Å². The average molecular weight is 404 g/mol. The van der Waals surface area contributed by atoms with E-state index in [1.165, 1.54) is 6.92 Å². The second-order valence-electron chi connectivity index (χ2n) is 5.31. The zero-order chi connectivity index (χ0) is 20.4. The Balaban J connectivity index is 2.16. The number of hydrogen-bond acceptors (Lipinski definition) is 9. The molecule has 0 aromatic rings. The van der Waals surface area contributed by atoms with Gasteiger partial charge < -0.3 is 25.9 Å². The van der Waals surface area contributed by atoms with Crippen LogP contribution in [0.1, 0.15) is 19.8 Å². The van der Waals surface area contributed by atoms with Gasteiger partial charge >= 0.3 is 5.97 Å². The number of nitrogens with zero attached hydrogens (tertiary/aromatic N) is 1. The Bertz CT molecular complexity index is 626. The van der Waals surface area contributed by atoms with Gasteiger partial charge in [0.25, 0.3) is 5.91 Å². The van der Waals surface area contributed by atoms with Crippen molar-refractivity contribution in [2.24, 2.45) is 0 Å². The van der Waals surface area contributed by atoms with Gasteiger partial charge in [0, 0.05) is 19.8 Å². The third-order valence-corrected chi connectivity index (χ3v) is 3.87. The molecule has 0 aromatic heterocycles. The van der Waals surface area contributed by atoms with Crippen molar-refractivity contribution < 1.29 is 38.7 Å². The van der Waals surface area contributed by atoms with Crippen LogP contribution in [-0.2, 0) is 33.6 Å². The van der Waals surface area contributed by atoms with E-state index < -0.39 is 48.9 Å². The Labute approximate surface area is 158 Å². The SMILES string of the molecule is CC(=O)SCC(=O)NCC(=O)NCC(=O)NCC(=O)ON1C(=O)CCC1O. The number of hydrogen-bond donors (Lipinski definition) is 4. The molecule has 27 heavy (non-hydrogen) atoms. The summed E-state index contributed by atoms with van der Waals surface area (Å²) in [7, 11) is 0. The molecule has 4 amide bonds. The monoisotopic (exact) mass is 404 g/mol. The summed E-state index contributed by atoms with van der Waals surface area (Å²) in [6.07, 6.45) is -1.01. The van der Waals surface area contributed by atoms with E-state index in [1.807, 2.05) is 0 Å². The van der Waals surface area contributed by atoms with Crippen molar-refractivity contribution in [3.05, 3.63) is 0 Å². The number of carbonyl (C=O) groups is 6. The van der Waals surface area contributed by atoms with Crippen molar-refractivity contribution in [2.75, 3.05) is 25.4 Å². The molecule has 0 spiro atoms. The predicted octanol–water partition coefficient (Wildman–Crippen LogP) is -2.99. The summed E-state index contributed by atoms with van der Waals surface area (Å²) in [6, 6.07) is 0. The first kappa shape index (κ1) is 22.4. The van der Waals surface area contributed by atoms with Gasteiger partial charge in [0.15, 0.2) is 11.3 Å². The van der Waals surface area contributed by atoms with Crippen LogP contribution >= 0.6 is 11.8 Å². The summed E-state index contributed by atoms with van der Waals surface area (Å²) >= 11 is 0.799. The number of carbonyl (C=O) groups excluding carboxylic acids is 6. The van der Waals surface area contributed by atoms with Crippen LogP contribution in [0.5, 0.6) is 0 Å². The first-order valence-electron chi connectivity index (χ1n) is 7.83. The van der Waals surface area contributed by atoms with Crippen LogP contribution in [-0.4, -0.2) is 76.5 Å². The predicted molar refractivity (Wildman–Crippen MR) is 90.3 cm³/mol. The van der Waals surface area contributed by atoms with Crippen LogP contribution in [0.2, 0.25) is 0 Å². The van der Waals surface area contributed by atoms with Crippen LogP contribution in [0, 0.1) is 0 Å². The minimum atomic E-state index is -1.21. The molecular weight excluding hydrogens is 384 g/mol. The van der Waals surface area contributed by atoms with Crippen LogP contribution in [0.4, 0.5) is 0 Å². The van der Waals surface area contributed by atoms with Crippen LogP contribution < -0.4 is 16.0 Å². The summed E-state index contributed by atoms with van der Waals surface area (Å²) in [4.78, 5) is 72.5. The van der Waals surface area contributed by atoms with Gasteiger partial charge in [0.1, 0.15) is 6.54 Å². The van der Waals surface area contributed by atoms with Gasteiger partial charge in [-0.15, -0.1) is 5.06 Å². The van der Waals surface area contributed by atoms with Gasteiger partial charge in [-0.3, -0.25) is 24.0 Å². The van der Waals surface area contributed by atoms with Crippen molar-refractivity contribution in [3.8, 4) is 0 Å². The Morgan fingerprint density at radius 2 is 1.63 bits per heavy atom. The maximum Gasteiger partial charge on any atom is 0.351 e. The summed E-state index contributed by atoms with van der Waals surface area (Å²) in [6.45, 7) is -0.0779. The molecule has 1 saturated heterocycles. The van der Waals surface area contributed by atoms with Gasteiger partial charge in [-0.25, -0.2) is 4.79 Å². The fraction of sp³-hybridized carbons (Fsp3) is 0.571. The fourth-order valence-electron chi connectivity index (χ4n) is 1.77. The van der Waals surface area contributed by atoms with Gasteiger partial charge in [0.05, 0.1) is 18.8 Å². The molecule has 0 aliphatic carbocycles. The summed E-state index contributed by atoms with van der Waals surface area (Å²) in [5, 5.41) is 16.4. The van der Waals surface area contributed by atoms with E-state index in [1.54, 1.807) is 0 Å². The molecular formula is C14H20N4O8S. The number of aliphatic hydroxyl groups excluding tert-OH is 1. The molecule has 1 unspecified atom stereocenters. The van der Waals surface area contributed by atoms with Gasteiger partial charge in [-0.05, 0) is 0 Å². The molecule has 1 fully saturated rings. The van der Waals surface area contributed by atoms with Gasteiger partial charge in [0.2, 0.25) is 17.7 Å². The Kier molecular flexibility index (Phi) is 9.22. The van der Waals surface area contributed by atoms with Crippen LogP contribution in [0.3, 0.4) is 0 Å². The highest BCUT2D eigenvalue weighted by atomic mass is 32.2. The molecule has 1 aliphatic heterocycles. The molecule has 1 rings (SSSR count).